The number of rotatable bonds is 3. The lowest BCUT2D eigenvalue weighted by atomic mass is 10.2. The zero-order valence-corrected chi connectivity index (χ0v) is 14.6. The Balaban J connectivity index is 0.00000205. The molecule has 0 unspecified atom stereocenters. The van der Waals surface area contributed by atoms with Crippen LogP contribution in [0.25, 0.3) is 16.9 Å². The fourth-order valence-electron chi connectivity index (χ4n) is 3.41. The Morgan fingerprint density at radius 1 is 1.11 bits per heavy atom. The van der Waals surface area contributed by atoms with Crippen molar-refractivity contribution in [2.75, 3.05) is 0 Å². The largest absolute Gasteiger partial charge is 0.328 e. The molecule has 7 nitrogen and oxygen atoms in total. The molecule has 0 aliphatic carbocycles. The third-order valence-electron chi connectivity index (χ3n) is 4.83. The summed E-state index contributed by atoms with van der Waals surface area (Å²) in [6, 6.07) is 11.3. The minimum atomic E-state index is -0.334. The number of halogens is 1. The Bertz CT molecular complexity index is 1270. The molecule has 1 aromatic carbocycles. The van der Waals surface area contributed by atoms with Gasteiger partial charge >= 0.3 is 0 Å². The molecule has 0 saturated carbocycles. The predicted molar refractivity (Wildman–Crippen MR) is 101 cm³/mol. The monoisotopic (exact) mass is 377 g/mol. The van der Waals surface area contributed by atoms with Gasteiger partial charge in [-0.05, 0) is 29.8 Å². The molecule has 1 N–H and O–H groups in total. The fourth-order valence-corrected chi connectivity index (χ4v) is 3.41. The van der Waals surface area contributed by atoms with E-state index in [-0.39, 0.29) is 37.5 Å². The van der Waals surface area contributed by atoms with Crippen LogP contribution in [0, 0.1) is 5.82 Å². The molecule has 8 heteroatoms. The van der Waals surface area contributed by atoms with E-state index in [4.69, 9.17) is 0 Å². The molecule has 0 saturated heterocycles. The molecule has 5 rings (SSSR count). The topological polar surface area (TPSA) is 83.4 Å². The highest BCUT2D eigenvalue weighted by Crippen LogP contribution is 2.23. The number of benzene rings is 1. The number of hydrogen-bond donors (Lipinski definition) is 1. The zero-order valence-electron chi connectivity index (χ0n) is 14.6. The fraction of sp³-hybridized carbons (Fsp3) is 0.100. The van der Waals surface area contributed by atoms with Gasteiger partial charge in [-0.2, -0.15) is 0 Å². The minimum absolute atomic E-state index is 0. The van der Waals surface area contributed by atoms with E-state index in [0.29, 0.717) is 16.9 Å². The molecule has 4 heterocycles. The number of carbonyl (C=O) groups excluding carboxylic acids is 1. The number of pyridine rings is 1. The van der Waals surface area contributed by atoms with Crippen molar-refractivity contribution in [1.29, 1.82) is 0 Å². The number of aromatic amines is 1. The first-order chi connectivity index (χ1) is 13.6. The summed E-state index contributed by atoms with van der Waals surface area (Å²) in [6.45, 7) is 0.458. The zero-order chi connectivity index (χ0) is 19.3. The lowest BCUT2D eigenvalue weighted by Gasteiger charge is -2.14. The van der Waals surface area contributed by atoms with E-state index >= 15 is 0 Å². The summed E-state index contributed by atoms with van der Waals surface area (Å²) in [6.07, 6.45) is 3.32. The highest BCUT2D eigenvalue weighted by molar-refractivity contribution is 5.96. The molecule has 3 aromatic heterocycles. The second-order valence-electron chi connectivity index (χ2n) is 6.63. The first kappa shape index (κ1) is 16.4. The number of fused-ring (bicyclic) bond motifs is 2. The average Bonchev–Trinajstić information content (AvgIpc) is 3.28. The number of aromatic nitrogens is 4. The number of nitrogens with zero attached hydrogens (tertiary/aromatic N) is 4. The van der Waals surface area contributed by atoms with E-state index in [9.17, 15) is 14.0 Å². The maximum absolute atomic E-state index is 13.1. The Kier molecular flexibility index (Phi) is 3.58. The van der Waals surface area contributed by atoms with Crippen molar-refractivity contribution in [1.82, 2.24) is 24.5 Å². The van der Waals surface area contributed by atoms with Crippen LogP contribution in [-0.2, 0) is 13.1 Å². The summed E-state index contributed by atoms with van der Waals surface area (Å²) in [5.41, 5.74) is 2.98. The standard InChI is InChI=1S/C20H14FN5O2.H2/c21-14-3-1-12(2-4-14)10-25-11-15-18(20(25)28)23-17-9-16(24-26(17)19(15)27)13-5-7-22-8-6-13;/h1-9,24H,10-11H2;1H. The number of carbonyl (C=O) groups is 1. The van der Waals surface area contributed by atoms with Crippen molar-refractivity contribution in [2.24, 2.45) is 0 Å². The van der Waals surface area contributed by atoms with Gasteiger partial charge in [-0.3, -0.25) is 19.7 Å². The van der Waals surface area contributed by atoms with Gasteiger partial charge in [0.05, 0.1) is 17.8 Å². The Labute approximate surface area is 159 Å². The molecule has 0 bridgehead atoms. The van der Waals surface area contributed by atoms with E-state index in [0.717, 1.165) is 11.1 Å². The van der Waals surface area contributed by atoms with E-state index in [2.05, 4.69) is 15.1 Å². The molecule has 0 radical (unpaired) electrons. The molecule has 1 amide bonds. The molecule has 140 valence electrons. The van der Waals surface area contributed by atoms with Crippen LogP contribution in [0.3, 0.4) is 0 Å². The van der Waals surface area contributed by atoms with Crippen LogP contribution >= 0.6 is 0 Å². The van der Waals surface area contributed by atoms with E-state index in [1.54, 1.807) is 30.6 Å². The molecule has 0 atom stereocenters. The summed E-state index contributed by atoms with van der Waals surface area (Å²) in [5.74, 6) is -0.635. The summed E-state index contributed by atoms with van der Waals surface area (Å²) >= 11 is 0. The van der Waals surface area contributed by atoms with Gasteiger partial charge in [0, 0.05) is 32.0 Å². The molecule has 28 heavy (non-hydrogen) atoms. The Morgan fingerprint density at radius 2 is 1.86 bits per heavy atom. The van der Waals surface area contributed by atoms with E-state index in [1.165, 1.54) is 21.5 Å². The second kappa shape index (κ2) is 6.12. The SMILES string of the molecule is O=C1c2nc3cc(-c4ccncc4)[nH]n3c(=O)c2CN1Cc1ccc(F)cc1.[HH]. The van der Waals surface area contributed by atoms with Crippen molar-refractivity contribution in [3.8, 4) is 11.3 Å². The smallest absolute Gasteiger partial charge is 0.278 e. The van der Waals surface area contributed by atoms with Crippen LogP contribution < -0.4 is 5.56 Å². The van der Waals surface area contributed by atoms with Crippen molar-refractivity contribution in [3.05, 3.63) is 87.9 Å². The Morgan fingerprint density at radius 3 is 2.61 bits per heavy atom. The van der Waals surface area contributed by atoms with Gasteiger partial charge in [0.15, 0.2) is 5.65 Å². The van der Waals surface area contributed by atoms with Crippen molar-refractivity contribution in [2.45, 2.75) is 13.1 Å². The lowest BCUT2D eigenvalue weighted by molar-refractivity contribution is 0.0762. The van der Waals surface area contributed by atoms with Crippen LogP contribution in [0.5, 0.6) is 0 Å². The predicted octanol–water partition coefficient (Wildman–Crippen LogP) is 2.63. The third-order valence-corrected chi connectivity index (χ3v) is 4.83. The van der Waals surface area contributed by atoms with E-state index in [1.807, 2.05) is 12.1 Å². The third kappa shape index (κ3) is 2.58. The number of H-pyrrole nitrogens is 1. The lowest BCUT2D eigenvalue weighted by Crippen LogP contribution is -2.23. The highest BCUT2D eigenvalue weighted by Gasteiger charge is 2.32. The molecule has 1 aliphatic heterocycles. The van der Waals surface area contributed by atoms with Gasteiger partial charge in [-0.15, -0.1) is 0 Å². The summed E-state index contributed by atoms with van der Waals surface area (Å²) in [5, 5.41) is 3.04. The molecule has 1 aliphatic rings. The Hall–Kier alpha value is -3.81. The first-order valence-corrected chi connectivity index (χ1v) is 8.69. The molecular weight excluding hydrogens is 361 g/mol. The minimum Gasteiger partial charge on any atom is -0.328 e. The summed E-state index contributed by atoms with van der Waals surface area (Å²) in [7, 11) is 0. The van der Waals surface area contributed by atoms with Gasteiger partial charge < -0.3 is 4.90 Å². The van der Waals surface area contributed by atoms with Crippen molar-refractivity contribution in [3.63, 3.8) is 0 Å². The molecular formula is C20H16FN5O2. The molecule has 0 spiro atoms. The van der Waals surface area contributed by atoms with Crippen molar-refractivity contribution >= 4 is 11.6 Å². The molecule has 0 fully saturated rings. The highest BCUT2D eigenvalue weighted by atomic mass is 19.1. The van der Waals surface area contributed by atoms with Gasteiger partial charge in [0.25, 0.3) is 11.5 Å². The number of nitrogens with one attached hydrogen (secondary N) is 1. The van der Waals surface area contributed by atoms with Crippen molar-refractivity contribution < 1.29 is 10.6 Å². The maximum Gasteiger partial charge on any atom is 0.278 e. The van der Waals surface area contributed by atoms with Gasteiger partial charge in [-0.25, -0.2) is 13.9 Å². The normalized spacial score (nSPS) is 13.3. The number of hydrogen-bond acceptors (Lipinski definition) is 4. The van der Waals surface area contributed by atoms with Crippen LogP contribution in [-0.4, -0.2) is 30.4 Å². The van der Waals surface area contributed by atoms with E-state index < -0.39 is 0 Å². The summed E-state index contributed by atoms with van der Waals surface area (Å²) < 4.78 is 14.4. The summed E-state index contributed by atoms with van der Waals surface area (Å²) in [4.78, 5) is 35.6. The number of amides is 1. The quantitative estimate of drug-likeness (QED) is 0.595. The van der Waals surface area contributed by atoms with Crippen LogP contribution in [0.1, 0.15) is 23.0 Å². The van der Waals surface area contributed by atoms with Gasteiger partial charge in [0.2, 0.25) is 0 Å². The van der Waals surface area contributed by atoms with Gasteiger partial charge in [-0.1, -0.05) is 12.1 Å². The van der Waals surface area contributed by atoms with Gasteiger partial charge in [0.1, 0.15) is 11.5 Å². The average molecular weight is 377 g/mol. The van der Waals surface area contributed by atoms with Crippen LogP contribution in [0.2, 0.25) is 0 Å². The van der Waals surface area contributed by atoms with Crippen LogP contribution in [0.15, 0.2) is 59.7 Å². The first-order valence-electron chi connectivity index (χ1n) is 8.69. The second-order valence-corrected chi connectivity index (χ2v) is 6.63. The maximum atomic E-state index is 13.1. The van der Waals surface area contributed by atoms with Crippen LogP contribution in [0.4, 0.5) is 4.39 Å². The molecule has 4 aromatic rings.